The Bertz CT molecular complexity index is 431. The molecule has 1 heterocycles. The first-order chi connectivity index (χ1) is 10.3. The van der Waals surface area contributed by atoms with E-state index < -0.39 is 0 Å². The van der Waals surface area contributed by atoms with Crippen molar-refractivity contribution >= 4 is 5.69 Å². The van der Waals surface area contributed by atoms with Crippen LogP contribution in [0.25, 0.3) is 0 Å². The van der Waals surface area contributed by atoms with E-state index in [1.54, 1.807) is 0 Å². The van der Waals surface area contributed by atoms with Gasteiger partial charge in [-0.3, -0.25) is 0 Å². The standard InChI is InChI=1S/C19H30N2/c1-3-18(20-2)16-6-8-17(9-7-16)21-14-12-19(13-15-21)10-4-5-11-19/h6-9,18,20H,3-5,10-15H2,1-2H3. The minimum absolute atomic E-state index is 0.488. The van der Waals surface area contributed by atoms with Gasteiger partial charge < -0.3 is 10.2 Å². The van der Waals surface area contributed by atoms with Gasteiger partial charge in [0.05, 0.1) is 0 Å². The number of anilines is 1. The Hall–Kier alpha value is -1.02. The molecule has 2 heteroatoms. The number of nitrogens with one attached hydrogen (secondary N) is 1. The van der Waals surface area contributed by atoms with E-state index in [0.29, 0.717) is 6.04 Å². The molecule has 1 aliphatic heterocycles. The minimum Gasteiger partial charge on any atom is -0.371 e. The molecule has 2 aliphatic rings. The van der Waals surface area contributed by atoms with Crippen molar-refractivity contribution in [1.29, 1.82) is 0 Å². The van der Waals surface area contributed by atoms with Crippen LogP contribution < -0.4 is 10.2 Å². The van der Waals surface area contributed by atoms with E-state index in [1.165, 1.54) is 62.9 Å². The molecule has 1 aromatic rings. The molecule has 116 valence electrons. The minimum atomic E-state index is 0.488. The Kier molecular flexibility index (Phi) is 4.54. The molecule has 0 radical (unpaired) electrons. The maximum atomic E-state index is 3.39. The molecule has 21 heavy (non-hydrogen) atoms. The highest BCUT2D eigenvalue weighted by Crippen LogP contribution is 2.46. The van der Waals surface area contributed by atoms with Crippen molar-refractivity contribution in [3.05, 3.63) is 29.8 Å². The van der Waals surface area contributed by atoms with Crippen molar-refractivity contribution in [2.24, 2.45) is 5.41 Å². The molecule has 1 N–H and O–H groups in total. The van der Waals surface area contributed by atoms with Crippen molar-refractivity contribution in [3.8, 4) is 0 Å². The lowest BCUT2D eigenvalue weighted by molar-refractivity contribution is 0.226. The van der Waals surface area contributed by atoms with E-state index in [0.717, 1.165) is 11.8 Å². The largest absolute Gasteiger partial charge is 0.371 e. The molecule has 1 aromatic carbocycles. The molecule has 1 saturated carbocycles. The van der Waals surface area contributed by atoms with Crippen LogP contribution in [0.15, 0.2) is 24.3 Å². The zero-order valence-electron chi connectivity index (χ0n) is 13.7. The van der Waals surface area contributed by atoms with Crippen LogP contribution in [0.4, 0.5) is 5.69 Å². The molecule has 2 fully saturated rings. The highest BCUT2D eigenvalue weighted by Gasteiger charge is 2.36. The first-order valence-corrected chi connectivity index (χ1v) is 8.78. The molecular formula is C19H30N2. The fraction of sp³-hybridized carbons (Fsp3) is 0.684. The van der Waals surface area contributed by atoms with Crippen LogP contribution in [0.3, 0.4) is 0 Å². The van der Waals surface area contributed by atoms with Crippen molar-refractivity contribution in [2.75, 3.05) is 25.0 Å². The Balaban J connectivity index is 1.63. The number of rotatable bonds is 4. The van der Waals surface area contributed by atoms with E-state index in [4.69, 9.17) is 0 Å². The summed E-state index contributed by atoms with van der Waals surface area (Å²) in [6.45, 7) is 4.74. The van der Waals surface area contributed by atoms with Gasteiger partial charge in [-0.2, -0.15) is 0 Å². The molecule has 2 nitrogen and oxygen atoms in total. The molecule has 0 aromatic heterocycles. The molecule has 1 atom stereocenters. The lowest BCUT2D eigenvalue weighted by atomic mass is 9.77. The van der Waals surface area contributed by atoms with E-state index in [-0.39, 0.29) is 0 Å². The van der Waals surface area contributed by atoms with Gasteiger partial charge in [-0.15, -0.1) is 0 Å². The van der Waals surface area contributed by atoms with Gasteiger partial charge >= 0.3 is 0 Å². The first-order valence-electron chi connectivity index (χ1n) is 8.78. The summed E-state index contributed by atoms with van der Waals surface area (Å²) in [6.07, 6.45) is 9.86. The van der Waals surface area contributed by atoms with Crippen LogP contribution in [-0.4, -0.2) is 20.1 Å². The highest BCUT2D eigenvalue weighted by atomic mass is 15.1. The third-order valence-electron chi connectivity index (χ3n) is 5.91. The van der Waals surface area contributed by atoms with Gasteiger partial charge in [-0.05, 0) is 62.3 Å². The fourth-order valence-corrected chi connectivity index (χ4v) is 4.39. The molecule has 3 rings (SSSR count). The molecule has 1 aliphatic carbocycles. The highest BCUT2D eigenvalue weighted by molar-refractivity contribution is 5.48. The summed E-state index contributed by atoms with van der Waals surface area (Å²) in [6, 6.07) is 9.74. The van der Waals surface area contributed by atoms with Crippen LogP contribution in [0.2, 0.25) is 0 Å². The second-order valence-electron chi connectivity index (χ2n) is 7.04. The molecule has 1 unspecified atom stereocenters. The van der Waals surface area contributed by atoms with Gasteiger partial charge in [-0.25, -0.2) is 0 Å². The van der Waals surface area contributed by atoms with Crippen molar-refractivity contribution in [3.63, 3.8) is 0 Å². The van der Waals surface area contributed by atoms with Gasteiger partial charge in [0.15, 0.2) is 0 Å². The van der Waals surface area contributed by atoms with Crippen LogP contribution in [0, 0.1) is 5.41 Å². The van der Waals surface area contributed by atoms with E-state index >= 15 is 0 Å². The van der Waals surface area contributed by atoms with E-state index in [2.05, 4.69) is 41.4 Å². The third kappa shape index (κ3) is 3.11. The quantitative estimate of drug-likeness (QED) is 0.875. The molecule has 0 bridgehead atoms. The molecular weight excluding hydrogens is 256 g/mol. The van der Waals surface area contributed by atoms with Crippen LogP contribution in [0.1, 0.15) is 63.5 Å². The lowest BCUT2D eigenvalue weighted by Gasteiger charge is -2.40. The summed E-state index contributed by atoms with van der Waals surface area (Å²) >= 11 is 0. The summed E-state index contributed by atoms with van der Waals surface area (Å²) in [5.74, 6) is 0. The van der Waals surface area contributed by atoms with E-state index in [9.17, 15) is 0 Å². The van der Waals surface area contributed by atoms with Gasteiger partial charge in [0.25, 0.3) is 0 Å². The second kappa shape index (κ2) is 6.39. The topological polar surface area (TPSA) is 15.3 Å². The maximum Gasteiger partial charge on any atom is 0.0366 e. The smallest absolute Gasteiger partial charge is 0.0366 e. The lowest BCUT2D eigenvalue weighted by Crippen LogP contribution is -2.38. The second-order valence-corrected chi connectivity index (χ2v) is 7.04. The van der Waals surface area contributed by atoms with Crippen molar-refractivity contribution in [2.45, 2.75) is 57.9 Å². The summed E-state index contributed by atoms with van der Waals surface area (Å²) < 4.78 is 0. The molecule has 0 amide bonds. The Morgan fingerprint density at radius 3 is 2.19 bits per heavy atom. The zero-order valence-corrected chi connectivity index (χ0v) is 13.7. The van der Waals surface area contributed by atoms with E-state index in [1.807, 2.05) is 7.05 Å². The molecule has 1 saturated heterocycles. The Morgan fingerprint density at radius 2 is 1.67 bits per heavy atom. The zero-order chi connectivity index (χ0) is 14.7. The number of hydrogen-bond acceptors (Lipinski definition) is 2. The van der Waals surface area contributed by atoms with Gasteiger partial charge in [0.1, 0.15) is 0 Å². The Morgan fingerprint density at radius 1 is 1.05 bits per heavy atom. The number of piperidine rings is 1. The summed E-state index contributed by atoms with van der Waals surface area (Å²) in [5, 5.41) is 3.39. The average molecular weight is 286 g/mol. The normalized spacial score (nSPS) is 22.7. The van der Waals surface area contributed by atoms with Crippen molar-refractivity contribution in [1.82, 2.24) is 5.32 Å². The van der Waals surface area contributed by atoms with Crippen molar-refractivity contribution < 1.29 is 0 Å². The fourth-order valence-electron chi connectivity index (χ4n) is 4.39. The van der Waals surface area contributed by atoms with Crippen LogP contribution in [0.5, 0.6) is 0 Å². The van der Waals surface area contributed by atoms with Crippen LogP contribution in [-0.2, 0) is 0 Å². The monoisotopic (exact) mass is 286 g/mol. The third-order valence-corrected chi connectivity index (χ3v) is 5.91. The van der Waals surface area contributed by atoms with Crippen LogP contribution >= 0.6 is 0 Å². The van der Waals surface area contributed by atoms with Gasteiger partial charge in [0, 0.05) is 24.8 Å². The van der Waals surface area contributed by atoms with Gasteiger partial charge in [0.2, 0.25) is 0 Å². The summed E-state index contributed by atoms with van der Waals surface area (Å²) in [7, 11) is 2.05. The number of benzene rings is 1. The molecule has 1 spiro atoms. The maximum absolute atomic E-state index is 3.39. The number of hydrogen-bond donors (Lipinski definition) is 1. The summed E-state index contributed by atoms with van der Waals surface area (Å²) in [4.78, 5) is 2.59. The SMILES string of the molecule is CCC(NC)c1ccc(N2CCC3(CCCC3)CC2)cc1. The Labute approximate surface area is 129 Å². The predicted octanol–water partition coefficient (Wildman–Crippen LogP) is 4.52. The first kappa shape index (κ1) is 14.9. The summed E-state index contributed by atoms with van der Waals surface area (Å²) in [5.41, 5.74) is 3.54. The predicted molar refractivity (Wildman–Crippen MR) is 90.9 cm³/mol. The number of nitrogens with zero attached hydrogens (tertiary/aromatic N) is 1. The van der Waals surface area contributed by atoms with Gasteiger partial charge in [-0.1, -0.05) is 31.9 Å². The average Bonchev–Trinajstić information content (AvgIpc) is 2.98.